The number of nitrogens with zero attached hydrogens (tertiary/aromatic N) is 6. The van der Waals surface area contributed by atoms with Gasteiger partial charge in [0.1, 0.15) is 23.4 Å². The van der Waals surface area contributed by atoms with Crippen molar-refractivity contribution in [1.29, 1.82) is 0 Å². The topological polar surface area (TPSA) is 116 Å². The van der Waals surface area contributed by atoms with E-state index in [1.165, 1.54) is 23.0 Å². The van der Waals surface area contributed by atoms with Crippen LogP contribution in [-0.4, -0.2) is 67.7 Å². The molecule has 0 bridgehead atoms. The van der Waals surface area contributed by atoms with Crippen LogP contribution in [0.15, 0.2) is 42.0 Å². The first-order valence-electron chi connectivity index (χ1n) is 15.5. The van der Waals surface area contributed by atoms with Gasteiger partial charge in [-0.05, 0) is 42.9 Å². The molecule has 0 radical (unpaired) electrons. The van der Waals surface area contributed by atoms with Gasteiger partial charge in [0.25, 0.3) is 0 Å². The van der Waals surface area contributed by atoms with Crippen molar-refractivity contribution in [2.24, 2.45) is 0 Å². The number of aromatic hydroxyl groups is 1. The minimum atomic E-state index is -1.02. The lowest BCUT2D eigenvalue weighted by molar-refractivity contribution is -0.126. The molecule has 12 heteroatoms. The van der Waals surface area contributed by atoms with Gasteiger partial charge < -0.3 is 20.2 Å². The van der Waals surface area contributed by atoms with E-state index in [0.717, 1.165) is 0 Å². The molecule has 0 saturated carbocycles. The maximum Gasteiger partial charge on any atom is 0.354 e. The van der Waals surface area contributed by atoms with E-state index in [-0.39, 0.29) is 64.1 Å². The average molecular weight is 630 g/mol. The number of carbonyl (C=O) groups excluding carboxylic acids is 1. The van der Waals surface area contributed by atoms with Gasteiger partial charge in [-0.25, -0.2) is 23.5 Å². The van der Waals surface area contributed by atoms with E-state index in [1.807, 2.05) is 32.6 Å². The maximum atomic E-state index is 17.5. The summed E-state index contributed by atoms with van der Waals surface area (Å²) in [5.41, 5.74) is 0.313. The van der Waals surface area contributed by atoms with E-state index in [1.54, 1.807) is 24.0 Å². The number of nitrogens with one attached hydrogen (secondary N) is 1. The summed E-state index contributed by atoms with van der Waals surface area (Å²) in [5.74, 6) is -2.67. The number of halogens is 2. The lowest BCUT2D eigenvalue weighted by Gasteiger charge is -2.43. The maximum absolute atomic E-state index is 17.5. The number of hydrogen-bond donors (Lipinski definition) is 2. The van der Waals surface area contributed by atoms with Gasteiger partial charge in [0, 0.05) is 37.8 Å². The zero-order valence-electron chi connectivity index (χ0n) is 26.6. The quantitative estimate of drug-likeness (QED) is 0.282. The fourth-order valence-electron chi connectivity index (χ4n) is 6.73. The lowest BCUT2D eigenvalue weighted by atomic mass is 9.94. The molecule has 240 valence electrons. The molecule has 2 aliphatic rings. The van der Waals surface area contributed by atoms with Gasteiger partial charge in [0.05, 0.1) is 33.7 Å². The van der Waals surface area contributed by atoms with Gasteiger partial charge in [-0.3, -0.25) is 9.36 Å². The number of carbonyl (C=O) groups is 1. The van der Waals surface area contributed by atoms with Crippen LogP contribution in [0.25, 0.3) is 27.7 Å². The third-order valence-electron chi connectivity index (χ3n) is 8.91. The second kappa shape index (κ2) is 11.8. The number of anilines is 2. The Balaban J connectivity index is 1.79. The summed E-state index contributed by atoms with van der Waals surface area (Å²) in [6.45, 7) is 14.1. The highest BCUT2D eigenvalue weighted by molar-refractivity contribution is 6.05. The van der Waals surface area contributed by atoms with Crippen molar-refractivity contribution >= 4 is 28.3 Å². The summed E-state index contributed by atoms with van der Waals surface area (Å²) in [5, 5.41) is 14.2. The molecule has 4 heterocycles. The third kappa shape index (κ3) is 4.87. The molecule has 2 N–H and O–H groups in total. The second-order valence-corrected chi connectivity index (χ2v) is 12.5. The number of fused-ring (bicyclic) bond motifs is 2. The largest absolute Gasteiger partial charge is 0.507 e. The fraction of sp³-hybridized carbons (Fsp3) is 0.382. The summed E-state index contributed by atoms with van der Waals surface area (Å²) < 4.78 is 35.5. The predicted octanol–water partition coefficient (Wildman–Crippen LogP) is 5.40. The normalized spacial score (nSPS) is 16.3. The van der Waals surface area contributed by atoms with Crippen molar-refractivity contribution in [1.82, 2.24) is 24.4 Å². The molecule has 2 aromatic heterocycles. The lowest BCUT2D eigenvalue weighted by Crippen LogP contribution is -2.56. The number of benzene rings is 2. The van der Waals surface area contributed by atoms with Crippen molar-refractivity contribution in [3.63, 3.8) is 0 Å². The Labute approximate surface area is 265 Å². The standard InChI is InChI=1S/C34H37F2N7O3/c1-7-22(45)41-13-14-42-20(15-41)11-12-37-30-25-31(27(36)24(26(30)35)23-19(6)9-8-10-21(23)44)43(34(46)40-33(25)42)32-28(17(2)3)38-16-39-29(32)18(4)5/h7-10,16-18,20,37,44H,1,11-15H2,2-6H3. The molecule has 10 nitrogen and oxygen atoms in total. The predicted molar refractivity (Wildman–Crippen MR) is 174 cm³/mol. The molecule has 1 amide bonds. The zero-order valence-corrected chi connectivity index (χ0v) is 26.6. The van der Waals surface area contributed by atoms with Crippen LogP contribution in [0, 0.1) is 18.6 Å². The SMILES string of the molecule is C=CC(=O)N1CCN2c3nc(=O)n(-c4c(C(C)C)ncnc4C(C)C)c4c(F)c(-c5c(C)cccc5O)c(F)c(c34)NCCC2C1. The zero-order chi connectivity index (χ0) is 33.0. The summed E-state index contributed by atoms with van der Waals surface area (Å²) in [4.78, 5) is 44.0. The molecular formula is C34H37F2N7O3. The molecule has 0 spiro atoms. The van der Waals surface area contributed by atoms with Crippen molar-refractivity contribution in [3.05, 3.63) is 76.3 Å². The Morgan fingerprint density at radius 3 is 2.41 bits per heavy atom. The van der Waals surface area contributed by atoms with Crippen molar-refractivity contribution < 1.29 is 18.7 Å². The number of aromatic nitrogens is 4. The number of aryl methyl sites for hydroxylation is 1. The van der Waals surface area contributed by atoms with Gasteiger partial charge >= 0.3 is 5.69 Å². The van der Waals surface area contributed by atoms with Crippen molar-refractivity contribution in [2.45, 2.75) is 58.9 Å². The second-order valence-electron chi connectivity index (χ2n) is 12.5. The number of hydrogen-bond acceptors (Lipinski definition) is 8. The molecule has 0 aliphatic carbocycles. The van der Waals surface area contributed by atoms with Gasteiger partial charge in [0.15, 0.2) is 11.6 Å². The highest BCUT2D eigenvalue weighted by Crippen LogP contribution is 2.46. The van der Waals surface area contributed by atoms with Crippen molar-refractivity contribution in [2.75, 3.05) is 36.4 Å². The van der Waals surface area contributed by atoms with E-state index in [9.17, 15) is 14.7 Å². The summed E-state index contributed by atoms with van der Waals surface area (Å²) in [6.07, 6.45) is 3.17. The summed E-state index contributed by atoms with van der Waals surface area (Å²) in [7, 11) is 0. The van der Waals surface area contributed by atoms with Gasteiger partial charge in [-0.2, -0.15) is 4.98 Å². The molecule has 46 heavy (non-hydrogen) atoms. The van der Waals surface area contributed by atoms with Gasteiger partial charge in [0.2, 0.25) is 5.91 Å². The van der Waals surface area contributed by atoms with Crippen LogP contribution in [0.4, 0.5) is 20.3 Å². The van der Waals surface area contributed by atoms with Gasteiger partial charge in [-0.1, -0.05) is 46.4 Å². The van der Waals surface area contributed by atoms with E-state index < -0.39 is 22.9 Å². The highest BCUT2D eigenvalue weighted by atomic mass is 19.1. The Kier molecular flexibility index (Phi) is 7.99. The minimum Gasteiger partial charge on any atom is -0.507 e. The first-order valence-corrected chi connectivity index (χ1v) is 15.5. The van der Waals surface area contributed by atoms with Crippen molar-refractivity contribution in [3.8, 4) is 22.6 Å². The summed E-state index contributed by atoms with van der Waals surface area (Å²) in [6, 6.07) is 4.35. The van der Waals surface area contributed by atoms with E-state index >= 15 is 8.78 Å². The number of phenols is 1. The number of phenolic OH excluding ortho intramolecular Hbond substituents is 1. The number of amides is 1. The van der Waals surface area contributed by atoms with Crippen LogP contribution in [0.2, 0.25) is 0 Å². The van der Waals surface area contributed by atoms with Crippen LogP contribution >= 0.6 is 0 Å². The molecule has 2 aromatic carbocycles. The van der Waals surface area contributed by atoms with E-state index in [2.05, 4.69) is 26.8 Å². The molecule has 1 unspecified atom stereocenters. The molecule has 2 aliphatic heterocycles. The Bertz CT molecular complexity index is 1910. The third-order valence-corrected chi connectivity index (χ3v) is 8.91. The molecule has 6 rings (SSSR count). The van der Waals surface area contributed by atoms with Crippen LogP contribution < -0.4 is 15.9 Å². The molecule has 1 atom stereocenters. The highest BCUT2D eigenvalue weighted by Gasteiger charge is 2.37. The summed E-state index contributed by atoms with van der Waals surface area (Å²) >= 11 is 0. The number of rotatable bonds is 5. The van der Waals surface area contributed by atoms with E-state index in [4.69, 9.17) is 0 Å². The van der Waals surface area contributed by atoms with Gasteiger partial charge in [-0.15, -0.1) is 0 Å². The molecule has 4 aromatic rings. The van der Waals surface area contributed by atoms with Crippen LogP contribution in [-0.2, 0) is 4.79 Å². The number of piperazine rings is 1. The smallest absolute Gasteiger partial charge is 0.354 e. The van der Waals surface area contributed by atoms with E-state index in [0.29, 0.717) is 48.7 Å². The monoisotopic (exact) mass is 629 g/mol. The average Bonchev–Trinajstić information content (AvgIpc) is 3.01. The Hall–Kier alpha value is -4.87. The fourth-order valence-corrected chi connectivity index (χ4v) is 6.73. The minimum absolute atomic E-state index is 0.0104. The Morgan fingerprint density at radius 1 is 1.09 bits per heavy atom. The molecule has 1 fully saturated rings. The Morgan fingerprint density at radius 2 is 1.78 bits per heavy atom. The first-order chi connectivity index (χ1) is 22.0. The molecular weight excluding hydrogens is 592 g/mol. The first kappa shape index (κ1) is 31.1. The van der Waals surface area contributed by atoms with Crippen LogP contribution in [0.3, 0.4) is 0 Å². The van der Waals surface area contributed by atoms with Crippen LogP contribution in [0.5, 0.6) is 5.75 Å². The van der Waals surface area contributed by atoms with Crippen LogP contribution in [0.1, 0.15) is 62.9 Å². The molecule has 1 saturated heterocycles.